The molecular formula is C18H21NO4S2. The number of carbonyl (C=O) groups is 1. The average molecular weight is 380 g/mol. The van der Waals surface area contributed by atoms with E-state index in [2.05, 4.69) is 4.37 Å². The van der Waals surface area contributed by atoms with Crippen LogP contribution in [0.5, 0.6) is 5.75 Å². The topological polar surface area (TPSA) is 73.3 Å². The van der Waals surface area contributed by atoms with Gasteiger partial charge in [-0.05, 0) is 63.2 Å². The molecule has 1 saturated carbocycles. The quantitative estimate of drug-likeness (QED) is 0.716. The van der Waals surface area contributed by atoms with Crippen LogP contribution in [0.1, 0.15) is 57.7 Å². The van der Waals surface area contributed by atoms with Crippen molar-refractivity contribution < 1.29 is 17.9 Å². The van der Waals surface area contributed by atoms with Gasteiger partial charge in [-0.1, -0.05) is 0 Å². The first-order valence-electron chi connectivity index (χ1n) is 8.23. The summed E-state index contributed by atoms with van der Waals surface area (Å²) in [7, 11) is -3.44. The van der Waals surface area contributed by atoms with E-state index in [9.17, 15) is 13.2 Å². The number of carbonyl (C=O) groups excluding carboxylic acids is 1. The van der Waals surface area contributed by atoms with Crippen LogP contribution in [0.2, 0.25) is 0 Å². The molecule has 0 unspecified atom stereocenters. The van der Waals surface area contributed by atoms with Crippen LogP contribution in [0.3, 0.4) is 0 Å². The van der Waals surface area contributed by atoms with Crippen LogP contribution < -0.4 is 4.74 Å². The Balaban J connectivity index is 2.13. The van der Waals surface area contributed by atoms with Gasteiger partial charge in [-0.3, -0.25) is 4.79 Å². The molecule has 0 radical (unpaired) electrons. The van der Waals surface area contributed by atoms with Crippen molar-refractivity contribution in [3.8, 4) is 5.75 Å². The Morgan fingerprint density at radius 1 is 1.32 bits per heavy atom. The second-order valence-corrected chi connectivity index (χ2v) is 9.17. The minimum absolute atomic E-state index is 0.105. The van der Waals surface area contributed by atoms with E-state index in [1.54, 1.807) is 19.9 Å². The number of aromatic nitrogens is 1. The van der Waals surface area contributed by atoms with E-state index in [1.165, 1.54) is 17.6 Å². The molecule has 0 amide bonds. The van der Waals surface area contributed by atoms with Crippen molar-refractivity contribution in [2.75, 3.05) is 12.9 Å². The highest BCUT2D eigenvalue weighted by Crippen LogP contribution is 2.45. The molecule has 5 nitrogen and oxygen atoms in total. The Labute approximate surface area is 152 Å². The number of ether oxygens (including phenoxy) is 1. The lowest BCUT2D eigenvalue weighted by Crippen LogP contribution is -2.11. The van der Waals surface area contributed by atoms with Gasteiger partial charge in [0.2, 0.25) is 0 Å². The summed E-state index contributed by atoms with van der Waals surface area (Å²) in [6.45, 7) is 5.70. The summed E-state index contributed by atoms with van der Waals surface area (Å²) < 4.78 is 34.0. The molecule has 0 saturated heterocycles. The summed E-state index contributed by atoms with van der Waals surface area (Å²) in [5.74, 6) is 0.600. The molecule has 1 fully saturated rings. The number of hydrogen-bond donors (Lipinski definition) is 0. The molecule has 1 aliphatic rings. The Morgan fingerprint density at radius 3 is 2.56 bits per heavy atom. The van der Waals surface area contributed by atoms with Crippen molar-refractivity contribution in [3.63, 3.8) is 0 Å². The van der Waals surface area contributed by atoms with Crippen LogP contribution in [-0.2, 0) is 9.84 Å². The average Bonchev–Trinajstić information content (AvgIpc) is 3.30. The molecule has 1 aromatic carbocycles. The third-order valence-electron chi connectivity index (χ3n) is 4.37. The first-order valence-corrected chi connectivity index (χ1v) is 10.9. The van der Waals surface area contributed by atoms with Crippen molar-refractivity contribution >= 4 is 27.2 Å². The minimum atomic E-state index is -3.44. The van der Waals surface area contributed by atoms with Crippen LogP contribution in [0.4, 0.5) is 0 Å². The number of benzene rings is 1. The van der Waals surface area contributed by atoms with E-state index in [1.807, 2.05) is 6.92 Å². The number of aryl methyl sites for hydroxylation is 1. The Morgan fingerprint density at radius 2 is 2.00 bits per heavy atom. The summed E-state index contributed by atoms with van der Waals surface area (Å²) in [6.07, 6.45) is 3.33. The fourth-order valence-electron chi connectivity index (χ4n) is 2.95. The molecule has 2 aromatic rings. The van der Waals surface area contributed by atoms with Gasteiger partial charge in [0.25, 0.3) is 0 Å². The van der Waals surface area contributed by atoms with Crippen LogP contribution >= 0.6 is 11.5 Å². The second-order valence-electron chi connectivity index (χ2n) is 6.38. The zero-order chi connectivity index (χ0) is 18.4. The lowest BCUT2D eigenvalue weighted by Gasteiger charge is -2.15. The summed E-state index contributed by atoms with van der Waals surface area (Å²) in [4.78, 5) is 14.3. The zero-order valence-corrected chi connectivity index (χ0v) is 16.4. The van der Waals surface area contributed by atoms with Crippen molar-refractivity contribution in [3.05, 3.63) is 39.4 Å². The van der Waals surface area contributed by atoms with Gasteiger partial charge in [0.15, 0.2) is 15.6 Å². The van der Waals surface area contributed by atoms with Crippen LogP contribution in [0.25, 0.3) is 0 Å². The lowest BCUT2D eigenvalue weighted by atomic mass is 9.96. The highest BCUT2D eigenvalue weighted by atomic mass is 32.2. The van der Waals surface area contributed by atoms with Gasteiger partial charge in [-0.2, -0.15) is 4.37 Å². The maximum Gasteiger partial charge on any atom is 0.196 e. The van der Waals surface area contributed by atoms with Gasteiger partial charge >= 0.3 is 0 Å². The molecule has 0 aliphatic heterocycles. The largest absolute Gasteiger partial charge is 0.492 e. The smallest absolute Gasteiger partial charge is 0.196 e. The normalized spacial score (nSPS) is 14.6. The number of sulfone groups is 1. The Kier molecular flexibility index (Phi) is 4.72. The van der Waals surface area contributed by atoms with Crippen LogP contribution in [-0.4, -0.2) is 31.4 Å². The standard InChI is InChI=1S/C18H21NO4S2/c1-5-23-17-10(2)13(8-9-14(17)25(4,21)22)16(20)15-11(3)19-24-18(15)12-6-7-12/h8-9,12H,5-7H2,1-4H3. The van der Waals surface area contributed by atoms with Crippen molar-refractivity contribution in [1.82, 2.24) is 4.37 Å². The number of nitrogens with zero attached hydrogens (tertiary/aromatic N) is 1. The highest BCUT2D eigenvalue weighted by Gasteiger charge is 2.33. The summed E-state index contributed by atoms with van der Waals surface area (Å²) in [5.41, 5.74) is 2.44. The van der Waals surface area contributed by atoms with Crippen molar-refractivity contribution in [2.24, 2.45) is 0 Å². The molecule has 7 heteroatoms. The number of hydrogen-bond acceptors (Lipinski definition) is 6. The molecule has 1 aromatic heterocycles. The van der Waals surface area contributed by atoms with Crippen LogP contribution in [0.15, 0.2) is 17.0 Å². The monoisotopic (exact) mass is 379 g/mol. The van der Waals surface area contributed by atoms with E-state index in [0.717, 1.165) is 29.7 Å². The first kappa shape index (κ1) is 18.1. The fraction of sp³-hybridized carbons (Fsp3) is 0.444. The van der Waals surface area contributed by atoms with Gasteiger partial charge in [-0.15, -0.1) is 0 Å². The maximum atomic E-state index is 13.2. The Bertz CT molecular complexity index is 940. The summed E-state index contributed by atoms with van der Waals surface area (Å²) in [6, 6.07) is 3.05. The van der Waals surface area contributed by atoms with Gasteiger partial charge in [-0.25, -0.2) is 8.42 Å². The maximum absolute atomic E-state index is 13.2. The summed E-state index contributed by atoms with van der Waals surface area (Å²) >= 11 is 1.40. The number of ketones is 1. The predicted octanol–water partition coefficient (Wildman–Crippen LogP) is 3.67. The molecule has 0 atom stereocenters. The molecule has 0 spiro atoms. The molecule has 3 rings (SSSR count). The van der Waals surface area contributed by atoms with Crippen molar-refractivity contribution in [2.45, 2.75) is 44.4 Å². The molecule has 25 heavy (non-hydrogen) atoms. The minimum Gasteiger partial charge on any atom is -0.492 e. The molecular weight excluding hydrogens is 358 g/mol. The molecule has 0 N–H and O–H groups in total. The molecule has 1 aliphatic carbocycles. The zero-order valence-electron chi connectivity index (χ0n) is 14.8. The SMILES string of the molecule is CCOc1c(S(C)(=O)=O)ccc(C(=O)c2c(C)nsc2C2CC2)c1C. The second kappa shape index (κ2) is 6.53. The van der Waals surface area contributed by atoms with Gasteiger partial charge in [0, 0.05) is 22.3 Å². The van der Waals surface area contributed by atoms with E-state index in [4.69, 9.17) is 4.74 Å². The van der Waals surface area contributed by atoms with E-state index >= 15 is 0 Å². The van der Waals surface area contributed by atoms with Crippen LogP contribution in [0, 0.1) is 13.8 Å². The number of rotatable bonds is 6. The van der Waals surface area contributed by atoms with Gasteiger partial charge < -0.3 is 4.74 Å². The fourth-order valence-corrected chi connectivity index (χ4v) is 4.86. The third kappa shape index (κ3) is 3.35. The van der Waals surface area contributed by atoms with E-state index < -0.39 is 9.84 Å². The molecule has 1 heterocycles. The first-order chi connectivity index (χ1) is 11.8. The Hall–Kier alpha value is -1.73. The van der Waals surface area contributed by atoms with Gasteiger partial charge in [0.1, 0.15) is 10.6 Å². The summed E-state index contributed by atoms with van der Waals surface area (Å²) in [5, 5.41) is 0. The lowest BCUT2D eigenvalue weighted by molar-refractivity contribution is 0.103. The van der Waals surface area contributed by atoms with E-state index in [-0.39, 0.29) is 16.4 Å². The predicted molar refractivity (Wildman–Crippen MR) is 97.7 cm³/mol. The third-order valence-corrected chi connectivity index (χ3v) is 6.59. The molecule has 134 valence electrons. The molecule has 0 bridgehead atoms. The van der Waals surface area contributed by atoms with Crippen molar-refractivity contribution in [1.29, 1.82) is 0 Å². The van der Waals surface area contributed by atoms with Gasteiger partial charge in [0.05, 0.1) is 17.9 Å². The highest BCUT2D eigenvalue weighted by molar-refractivity contribution is 7.90. The van der Waals surface area contributed by atoms with E-state index in [0.29, 0.717) is 29.2 Å².